The van der Waals surface area contributed by atoms with Crippen molar-refractivity contribution in [2.24, 2.45) is 0 Å². The molecule has 1 aromatic carbocycles. The van der Waals surface area contributed by atoms with Crippen LogP contribution in [0.15, 0.2) is 40.9 Å². The van der Waals surface area contributed by atoms with Crippen molar-refractivity contribution in [1.82, 2.24) is 14.9 Å². The zero-order valence-electron chi connectivity index (χ0n) is 17.3. The molecule has 0 N–H and O–H groups in total. The highest BCUT2D eigenvalue weighted by molar-refractivity contribution is 6.33. The highest BCUT2D eigenvalue weighted by atomic mass is 35.5. The third-order valence-electron chi connectivity index (χ3n) is 5.56. The fourth-order valence-electron chi connectivity index (χ4n) is 3.96. The van der Waals surface area contributed by atoms with Gasteiger partial charge in [-0.05, 0) is 38.0 Å². The SMILES string of the molecule is Cc1oc(-c2cc3c(cc2Cl)OCO3)nc1CN(Cc1ccccn1)C[C@H]1CCCO1. The molecule has 4 heterocycles. The van der Waals surface area contributed by atoms with Crippen LogP contribution in [-0.2, 0) is 17.8 Å². The summed E-state index contributed by atoms with van der Waals surface area (Å²) in [6.07, 6.45) is 4.24. The van der Waals surface area contributed by atoms with Gasteiger partial charge in [-0.15, -0.1) is 0 Å². The van der Waals surface area contributed by atoms with E-state index < -0.39 is 0 Å². The molecule has 0 saturated carbocycles. The molecule has 0 aliphatic carbocycles. The Morgan fingerprint density at radius 2 is 2.03 bits per heavy atom. The number of hydrogen-bond acceptors (Lipinski definition) is 7. The predicted molar refractivity (Wildman–Crippen MR) is 115 cm³/mol. The van der Waals surface area contributed by atoms with Crippen molar-refractivity contribution < 1.29 is 18.6 Å². The fourth-order valence-corrected chi connectivity index (χ4v) is 4.20. The topological polar surface area (TPSA) is 69.9 Å². The van der Waals surface area contributed by atoms with Crippen LogP contribution in [0.2, 0.25) is 5.02 Å². The van der Waals surface area contributed by atoms with Gasteiger partial charge in [0.25, 0.3) is 0 Å². The highest BCUT2D eigenvalue weighted by Crippen LogP contribution is 2.41. The minimum absolute atomic E-state index is 0.191. The van der Waals surface area contributed by atoms with Crippen molar-refractivity contribution in [3.63, 3.8) is 0 Å². The molecule has 162 valence electrons. The standard InChI is InChI=1S/C23H24ClN3O4/c1-15-20(26-23(31-15)18-9-21-22(10-19(18)24)30-14-29-21)13-27(12-17-6-4-8-28-17)11-16-5-2-3-7-25-16/h2-3,5,7,9-10,17H,4,6,8,11-14H2,1H3/t17-/m1/s1. The van der Waals surface area contributed by atoms with E-state index >= 15 is 0 Å². The lowest BCUT2D eigenvalue weighted by Crippen LogP contribution is -2.32. The van der Waals surface area contributed by atoms with Crippen molar-refractivity contribution in [3.05, 3.63) is 58.7 Å². The van der Waals surface area contributed by atoms with Crippen molar-refractivity contribution in [3.8, 4) is 23.0 Å². The molecule has 31 heavy (non-hydrogen) atoms. The molecule has 1 saturated heterocycles. The number of oxazole rings is 1. The summed E-state index contributed by atoms with van der Waals surface area (Å²) >= 11 is 6.46. The quantitative estimate of drug-likeness (QED) is 0.530. The number of fused-ring (bicyclic) bond motifs is 1. The van der Waals surface area contributed by atoms with Gasteiger partial charge in [0.1, 0.15) is 5.76 Å². The monoisotopic (exact) mass is 441 g/mol. The van der Waals surface area contributed by atoms with Crippen LogP contribution in [0.5, 0.6) is 11.5 Å². The van der Waals surface area contributed by atoms with Crippen LogP contribution in [0.1, 0.15) is 30.0 Å². The van der Waals surface area contributed by atoms with Crippen LogP contribution in [0, 0.1) is 6.92 Å². The largest absolute Gasteiger partial charge is 0.454 e. The Labute approximate surface area is 185 Å². The van der Waals surface area contributed by atoms with Crippen LogP contribution in [0.4, 0.5) is 0 Å². The van der Waals surface area contributed by atoms with E-state index in [2.05, 4.69) is 9.88 Å². The van der Waals surface area contributed by atoms with Gasteiger partial charge in [0.05, 0.1) is 28.1 Å². The second kappa shape index (κ2) is 8.86. The number of benzene rings is 1. The molecule has 0 bridgehead atoms. The lowest BCUT2D eigenvalue weighted by Gasteiger charge is -2.24. The Morgan fingerprint density at radius 3 is 2.81 bits per heavy atom. The van der Waals surface area contributed by atoms with Gasteiger partial charge in [-0.25, -0.2) is 4.98 Å². The molecule has 2 aliphatic heterocycles. The summed E-state index contributed by atoms with van der Waals surface area (Å²) in [5, 5.41) is 0.516. The lowest BCUT2D eigenvalue weighted by atomic mass is 10.2. The molecule has 2 aliphatic rings. The number of aryl methyl sites for hydroxylation is 1. The maximum absolute atomic E-state index is 6.46. The van der Waals surface area contributed by atoms with Crippen LogP contribution in [-0.4, -0.2) is 40.9 Å². The first kappa shape index (κ1) is 20.3. The second-order valence-electron chi connectivity index (χ2n) is 7.83. The average molecular weight is 442 g/mol. The Morgan fingerprint density at radius 1 is 1.16 bits per heavy atom. The number of rotatable bonds is 7. The first-order chi connectivity index (χ1) is 15.2. The molecule has 8 heteroatoms. The molecule has 0 amide bonds. The fraction of sp³-hybridized carbons (Fsp3) is 0.391. The molecule has 0 unspecified atom stereocenters. The predicted octanol–water partition coefficient (Wildman–Crippen LogP) is 4.61. The Kier molecular flexibility index (Phi) is 5.80. The Balaban J connectivity index is 1.38. The summed E-state index contributed by atoms with van der Waals surface area (Å²) in [5.41, 5.74) is 2.58. The average Bonchev–Trinajstić information content (AvgIpc) is 3.50. The highest BCUT2D eigenvalue weighted by Gasteiger charge is 2.24. The molecule has 1 atom stereocenters. The van der Waals surface area contributed by atoms with Gasteiger partial charge < -0.3 is 18.6 Å². The normalized spacial score (nSPS) is 17.6. The van der Waals surface area contributed by atoms with E-state index in [1.54, 1.807) is 6.07 Å². The van der Waals surface area contributed by atoms with E-state index in [4.69, 9.17) is 35.2 Å². The summed E-state index contributed by atoms with van der Waals surface area (Å²) < 4.78 is 22.7. The number of nitrogens with zero attached hydrogens (tertiary/aromatic N) is 3. The summed E-state index contributed by atoms with van der Waals surface area (Å²) in [6.45, 7) is 5.12. The molecule has 3 aromatic rings. The van der Waals surface area contributed by atoms with Crippen molar-refractivity contribution in [2.45, 2.75) is 39.0 Å². The maximum atomic E-state index is 6.46. The van der Waals surface area contributed by atoms with E-state index in [1.165, 1.54) is 0 Å². The molecule has 2 aromatic heterocycles. The number of aromatic nitrogens is 2. The number of ether oxygens (including phenoxy) is 3. The van der Waals surface area contributed by atoms with Crippen LogP contribution in [0.25, 0.3) is 11.5 Å². The van der Waals surface area contributed by atoms with Crippen molar-refractivity contribution in [2.75, 3.05) is 19.9 Å². The van der Waals surface area contributed by atoms with Crippen LogP contribution in [0.3, 0.4) is 0 Å². The minimum atomic E-state index is 0.191. The smallest absolute Gasteiger partial charge is 0.231 e. The molecule has 1 fully saturated rings. The summed E-state index contributed by atoms with van der Waals surface area (Å²) in [7, 11) is 0. The number of halogens is 1. The van der Waals surface area contributed by atoms with E-state index in [0.29, 0.717) is 41.1 Å². The van der Waals surface area contributed by atoms with Gasteiger partial charge >= 0.3 is 0 Å². The molecule has 7 nitrogen and oxygen atoms in total. The third kappa shape index (κ3) is 4.54. The summed E-state index contributed by atoms with van der Waals surface area (Å²) in [5.74, 6) is 2.52. The maximum Gasteiger partial charge on any atom is 0.231 e. The minimum Gasteiger partial charge on any atom is -0.454 e. The van der Waals surface area contributed by atoms with E-state index in [-0.39, 0.29) is 12.9 Å². The van der Waals surface area contributed by atoms with Crippen LogP contribution >= 0.6 is 11.6 Å². The molecule has 0 radical (unpaired) electrons. The van der Waals surface area contributed by atoms with Gasteiger partial charge in [0, 0.05) is 38.5 Å². The molecule has 0 spiro atoms. The number of hydrogen-bond donors (Lipinski definition) is 0. The van der Waals surface area contributed by atoms with Gasteiger partial charge in [-0.3, -0.25) is 9.88 Å². The Bertz CT molecular complexity index is 1050. The zero-order chi connectivity index (χ0) is 21.2. The van der Waals surface area contributed by atoms with E-state index in [9.17, 15) is 0 Å². The van der Waals surface area contributed by atoms with Gasteiger partial charge in [0.2, 0.25) is 12.7 Å². The summed E-state index contributed by atoms with van der Waals surface area (Å²) in [6, 6.07) is 9.53. The van der Waals surface area contributed by atoms with Crippen molar-refractivity contribution >= 4 is 11.6 Å². The van der Waals surface area contributed by atoms with E-state index in [1.807, 2.05) is 37.4 Å². The van der Waals surface area contributed by atoms with Gasteiger partial charge in [-0.1, -0.05) is 17.7 Å². The lowest BCUT2D eigenvalue weighted by molar-refractivity contribution is 0.0669. The Hall–Kier alpha value is -2.61. The molecular weight excluding hydrogens is 418 g/mol. The van der Waals surface area contributed by atoms with Gasteiger partial charge in [0.15, 0.2) is 11.5 Å². The second-order valence-corrected chi connectivity index (χ2v) is 8.24. The first-order valence-electron chi connectivity index (χ1n) is 10.5. The third-order valence-corrected chi connectivity index (χ3v) is 5.87. The van der Waals surface area contributed by atoms with E-state index in [0.717, 1.165) is 43.1 Å². The van der Waals surface area contributed by atoms with Gasteiger partial charge in [-0.2, -0.15) is 0 Å². The summed E-state index contributed by atoms with van der Waals surface area (Å²) in [4.78, 5) is 11.6. The van der Waals surface area contributed by atoms with Crippen LogP contribution < -0.4 is 9.47 Å². The molecular formula is C23H24ClN3O4. The molecule has 5 rings (SSSR count). The first-order valence-corrected chi connectivity index (χ1v) is 10.8. The zero-order valence-corrected chi connectivity index (χ0v) is 18.1. The van der Waals surface area contributed by atoms with Crippen molar-refractivity contribution in [1.29, 1.82) is 0 Å². The number of pyridine rings is 1.